The molecule has 2 rings (SSSR count). The van der Waals surface area contributed by atoms with Crippen molar-refractivity contribution in [3.8, 4) is 23.1 Å². The van der Waals surface area contributed by atoms with Gasteiger partial charge in [-0.1, -0.05) is 0 Å². The Morgan fingerprint density at radius 1 is 1.30 bits per heavy atom. The van der Waals surface area contributed by atoms with Gasteiger partial charge in [0, 0.05) is 10.9 Å². The molecule has 2 aromatic rings. The first kappa shape index (κ1) is 14.4. The fourth-order valence-electron chi connectivity index (χ4n) is 1.55. The molecule has 0 amide bonds. The number of alkyl halides is 2. The van der Waals surface area contributed by atoms with Gasteiger partial charge in [0.2, 0.25) is 0 Å². The zero-order valence-electron chi connectivity index (χ0n) is 10.9. The second-order valence-corrected chi connectivity index (χ2v) is 5.54. The fourth-order valence-corrected chi connectivity index (χ4v) is 2.45. The Morgan fingerprint density at radius 3 is 2.50 bits per heavy atom. The highest BCUT2D eigenvalue weighted by atomic mass is 32.1. The molecule has 0 fully saturated rings. The number of rotatable bonds is 4. The maximum absolute atomic E-state index is 12.1. The third-order valence-electron chi connectivity index (χ3n) is 2.69. The molecule has 20 heavy (non-hydrogen) atoms. The van der Waals surface area contributed by atoms with Gasteiger partial charge in [0.25, 0.3) is 0 Å². The lowest BCUT2D eigenvalue weighted by Crippen LogP contribution is -2.13. The van der Waals surface area contributed by atoms with Crippen molar-refractivity contribution < 1.29 is 13.5 Å². The van der Waals surface area contributed by atoms with Gasteiger partial charge in [-0.15, -0.1) is 11.3 Å². The van der Waals surface area contributed by atoms with Gasteiger partial charge < -0.3 is 4.74 Å². The quantitative estimate of drug-likeness (QED) is 0.848. The van der Waals surface area contributed by atoms with E-state index in [1.807, 2.05) is 5.38 Å². The van der Waals surface area contributed by atoms with Crippen LogP contribution in [-0.2, 0) is 5.41 Å². The highest BCUT2D eigenvalue weighted by Crippen LogP contribution is 2.30. The van der Waals surface area contributed by atoms with Gasteiger partial charge in [0.15, 0.2) is 0 Å². The Morgan fingerprint density at radius 2 is 1.95 bits per heavy atom. The first-order valence-electron chi connectivity index (χ1n) is 5.85. The van der Waals surface area contributed by atoms with Crippen LogP contribution in [0.1, 0.15) is 18.9 Å². The Balaban J connectivity index is 2.23. The van der Waals surface area contributed by atoms with Crippen LogP contribution in [-0.4, -0.2) is 11.6 Å². The average molecular weight is 294 g/mol. The van der Waals surface area contributed by atoms with E-state index in [2.05, 4.69) is 15.8 Å². The van der Waals surface area contributed by atoms with E-state index in [0.29, 0.717) is 0 Å². The Labute approximate surface area is 119 Å². The first-order chi connectivity index (χ1) is 9.42. The molecule has 0 spiro atoms. The number of ether oxygens (including phenoxy) is 1. The van der Waals surface area contributed by atoms with E-state index in [1.165, 1.54) is 23.5 Å². The van der Waals surface area contributed by atoms with Crippen LogP contribution in [0.4, 0.5) is 8.78 Å². The molecule has 104 valence electrons. The predicted octanol–water partition coefficient (Wildman–Crippen LogP) is 4.21. The summed E-state index contributed by atoms with van der Waals surface area (Å²) in [4.78, 5) is 4.42. The molecule has 0 aliphatic carbocycles. The summed E-state index contributed by atoms with van der Waals surface area (Å²) in [5.74, 6) is 0.108. The van der Waals surface area contributed by atoms with E-state index in [1.54, 1.807) is 26.0 Å². The van der Waals surface area contributed by atoms with Crippen molar-refractivity contribution >= 4 is 11.3 Å². The maximum atomic E-state index is 12.1. The van der Waals surface area contributed by atoms with Gasteiger partial charge in [0.1, 0.15) is 16.2 Å². The molecule has 1 aromatic heterocycles. The molecular formula is C14H12F2N2OS. The number of benzene rings is 1. The lowest BCUT2D eigenvalue weighted by atomic mass is 9.97. The molecule has 0 aliphatic heterocycles. The van der Waals surface area contributed by atoms with Gasteiger partial charge in [-0.05, 0) is 38.1 Å². The molecule has 3 nitrogen and oxygen atoms in total. The monoisotopic (exact) mass is 294 g/mol. The minimum absolute atomic E-state index is 0.108. The molecule has 0 saturated heterocycles. The minimum Gasteiger partial charge on any atom is -0.435 e. The van der Waals surface area contributed by atoms with Crippen LogP contribution in [0.15, 0.2) is 29.6 Å². The molecule has 0 unspecified atom stereocenters. The van der Waals surface area contributed by atoms with Crippen molar-refractivity contribution in [1.82, 2.24) is 4.98 Å². The van der Waals surface area contributed by atoms with Crippen LogP contribution in [0.25, 0.3) is 11.3 Å². The van der Waals surface area contributed by atoms with Gasteiger partial charge in [-0.25, -0.2) is 4.98 Å². The normalized spacial score (nSPS) is 11.4. The fraction of sp³-hybridized carbons (Fsp3) is 0.286. The Kier molecular flexibility index (Phi) is 4.00. The molecule has 0 atom stereocenters. The molecule has 6 heteroatoms. The SMILES string of the molecule is CC(C)(C#N)c1nc(-c2ccc(OC(F)F)cc2)cs1. The molecule has 0 aliphatic rings. The average Bonchev–Trinajstić information content (AvgIpc) is 2.89. The van der Waals surface area contributed by atoms with Crippen LogP contribution >= 0.6 is 11.3 Å². The topological polar surface area (TPSA) is 45.9 Å². The van der Waals surface area contributed by atoms with Crippen LogP contribution < -0.4 is 4.74 Å². The second kappa shape index (κ2) is 5.55. The van der Waals surface area contributed by atoms with E-state index in [-0.39, 0.29) is 5.75 Å². The number of hydrogen-bond acceptors (Lipinski definition) is 4. The lowest BCUT2D eigenvalue weighted by Gasteiger charge is -2.10. The van der Waals surface area contributed by atoms with Crippen molar-refractivity contribution in [2.24, 2.45) is 0 Å². The smallest absolute Gasteiger partial charge is 0.387 e. The first-order valence-corrected chi connectivity index (χ1v) is 6.73. The molecule has 0 radical (unpaired) electrons. The van der Waals surface area contributed by atoms with Gasteiger partial charge in [0.05, 0.1) is 11.8 Å². The van der Waals surface area contributed by atoms with Crippen molar-refractivity contribution in [3.05, 3.63) is 34.7 Å². The van der Waals surface area contributed by atoms with E-state index >= 15 is 0 Å². The standard InChI is InChI=1S/C14H12F2N2OS/c1-14(2,8-17)12-18-11(7-20-12)9-3-5-10(6-4-9)19-13(15)16/h3-7,13H,1-2H3. The predicted molar refractivity (Wildman–Crippen MR) is 72.8 cm³/mol. The Bertz CT molecular complexity index is 629. The van der Waals surface area contributed by atoms with Crippen molar-refractivity contribution in [2.45, 2.75) is 25.9 Å². The highest BCUT2D eigenvalue weighted by Gasteiger charge is 2.23. The van der Waals surface area contributed by atoms with Crippen LogP contribution in [0, 0.1) is 11.3 Å². The summed E-state index contributed by atoms with van der Waals surface area (Å²) in [7, 11) is 0. The van der Waals surface area contributed by atoms with E-state index in [0.717, 1.165) is 16.3 Å². The van der Waals surface area contributed by atoms with Crippen LogP contribution in [0.2, 0.25) is 0 Å². The number of thiazole rings is 1. The van der Waals surface area contributed by atoms with Crippen molar-refractivity contribution in [2.75, 3.05) is 0 Å². The largest absolute Gasteiger partial charge is 0.435 e. The zero-order chi connectivity index (χ0) is 14.8. The summed E-state index contributed by atoms with van der Waals surface area (Å²) in [6, 6.07) is 8.46. The lowest BCUT2D eigenvalue weighted by molar-refractivity contribution is -0.0498. The van der Waals surface area contributed by atoms with Gasteiger partial charge >= 0.3 is 6.61 Å². The number of nitriles is 1. The van der Waals surface area contributed by atoms with Gasteiger partial charge in [-0.3, -0.25) is 0 Å². The van der Waals surface area contributed by atoms with E-state index in [9.17, 15) is 8.78 Å². The summed E-state index contributed by atoms with van der Waals surface area (Å²) < 4.78 is 28.4. The molecule has 1 heterocycles. The summed E-state index contributed by atoms with van der Waals surface area (Å²) in [5.41, 5.74) is 0.876. The summed E-state index contributed by atoms with van der Waals surface area (Å²) in [6.07, 6.45) is 0. The number of hydrogen-bond donors (Lipinski definition) is 0. The molecular weight excluding hydrogens is 282 g/mol. The summed E-state index contributed by atoms with van der Waals surface area (Å²) in [5, 5.41) is 11.6. The summed E-state index contributed by atoms with van der Waals surface area (Å²) >= 11 is 1.41. The second-order valence-electron chi connectivity index (χ2n) is 4.68. The maximum Gasteiger partial charge on any atom is 0.387 e. The number of aromatic nitrogens is 1. The third-order valence-corrected chi connectivity index (χ3v) is 3.86. The molecule has 0 saturated carbocycles. The highest BCUT2D eigenvalue weighted by molar-refractivity contribution is 7.10. The minimum atomic E-state index is -2.83. The van der Waals surface area contributed by atoms with E-state index < -0.39 is 12.0 Å². The van der Waals surface area contributed by atoms with E-state index in [4.69, 9.17) is 5.26 Å². The zero-order valence-corrected chi connectivity index (χ0v) is 11.7. The molecule has 0 bridgehead atoms. The van der Waals surface area contributed by atoms with Crippen LogP contribution in [0.3, 0.4) is 0 Å². The number of nitrogens with zero attached hydrogens (tertiary/aromatic N) is 2. The summed E-state index contributed by atoms with van der Waals surface area (Å²) in [6.45, 7) is 0.771. The number of halogens is 2. The van der Waals surface area contributed by atoms with Gasteiger partial charge in [-0.2, -0.15) is 14.0 Å². The molecule has 1 aromatic carbocycles. The van der Waals surface area contributed by atoms with Crippen LogP contribution in [0.5, 0.6) is 5.75 Å². The Hall–Kier alpha value is -2.00. The van der Waals surface area contributed by atoms with Crippen molar-refractivity contribution in [3.63, 3.8) is 0 Å². The third kappa shape index (κ3) is 3.11. The molecule has 0 N–H and O–H groups in total. The van der Waals surface area contributed by atoms with Crippen molar-refractivity contribution in [1.29, 1.82) is 5.26 Å².